The highest BCUT2D eigenvalue weighted by Gasteiger charge is 2.18. The van der Waals surface area contributed by atoms with Gasteiger partial charge in [-0.15, -0.1) is 0 Å². The number of H-pyrrole nitrogens is 1. The Hall–Kier alpha value is -2.47. The molecule has 0 bridgehead atoms. The first-order chi connectivity index (χ1) is 12.1. The first kappa shape index (κ1) is 16.0. The molecule has 4 rings (SSSR count). The number of fused-ring (bicyclic) bond motifs is 1. The van der Waals surface area contributed by atoms with Crippen molar-refractivity contribution in [1.29, 1.82) is 0 Å². The summed E-state index contributed by atoms with van der Waals surface area (Å²) >= 11 is 0. The highest BCUT2D eigenvalue weighted by atomic mass is 19.1. The van der Waals surface area contributed by atoms with Crippen molar-refractivity contribution in [3.8, 4) is 0 Å². The molecule has 0 spiro atoms. The number of hydrogen-bond donors (Lipinski definition) is 1. The van der Waals surface area contributed by atoms with Gasteiger partial charge in [0.15, 0.2) is 5.82 Å². The molecule has 25 heavy (non-hydrogen) atoms. The molecular weight excluding hydrogens is 319 g/mol. The van der Waals surface area contributed by atoms with Crippen molar-refractivity contribution in [3.63, 3.8) is 0 Å². The molecular formula is C19H21FN4O. The standard InChI is InChI=1S/C19H21FN4O/c1-12(2)19-22-18(25-23-19)11-24-7-5-13(6-8-24)16-10-21-17-9-14(20)3-4-15(16)17/h3-5,9-10,12,21H,6-8,11H2,1-2H3. The van der Waals surface area contributed by atoms with E-state index in [-0.39, 0.29) is 11.7 Å². The van der Waals surface area contributed by atoms with Crippen LogP contribution in [-0.4, -0.2) is 33.1 Å². The van der Waals surface area contributed by atoms with Crippen LogP contribution >= 0.6 is 0 Å². The first-order valence-corrected chi connectivity index (χ1v) is 8.61. The molecule has 0 radical (unpaired) electrons. The highest BCUT2D eigenvalue weighted by Crippen LogP contribution is 2.30. The Morgan fingerprint density at radius 3 is 2.96 bits per heavy atom. The lowest BCUT2D eigenvalue weighted by Gasteiger charge is -2.24. The van der Waals surface area contributed by atoms with E-state index in [0.29, 0.717) is 12.4 Å². The average Bonchev–Trinajstić information content (AvgIpc) is 3.22. The van der Waals surface area contributed by atoms with Gasteiger partial charge in [-0.25, -0.2) is 4.39 Å². The summed E-state index contributed by atoms with van der Waals surface area (Å²) in [6.07, 6.45) is 5.14. The molecule has 1 aliphatic rings. The predicted molar refractivity (Wildman–Crippen MR) is 94.5 cm³/mol. The van der Waals surface area contributed by atoms with Gasteiger partial charge in [0.05, 0.1) is 6.54 Å². The molecule has 0 unspecified atom stereocenters. The van der Waals surface area contributed by atoms with Crippen molar-refractivity contribution >= 4 is 16.5 Å². The number of benzene rings is 1. The topological polar surface area (TPSA) is 58.0 Å². The molecule has 0 aliphatic carbocycles. The quantitative estimate of drug-likeness (QED) is 0.777. The van der Waals surface area contributed by atoms with Crippen LogP contribution < -0.4 is 0 Å². The Balaban J connectivity index is 1.47. The van der Waals surface area contributed by atoms with E-state index in [2.05, 4.69) is 39.9 Å². The van der Waals surface area contributed by atoms with Crippen LogP contribution in [0.15, 0.2) is 35.0 Å². The molecule has 0 saturated heterocycles. The lowest BCUT2D eigenvalue weighted by atomic mass is 9.99. The SMILES string of the molecule is CC(C)c1noc(CN2CC=C(c3c[nH]c4cc(F)ccc34)CC2)n1. The minimum atomic E-state index is -0.218. The third-order valence-corrected chi connectivity index (χ3v) is 4.64. The third-order valence-electron chi connectivity index (χ3n) is 4.64. The minimum Gasteiger partial charge on any atom is -0.360 e. The second kappa shape index (κ2) is 6.44. The Morgan fingerprint density at radius 2 is 2.24 bits per heavy atom. The zero-order valence-corrected chi connectivity index (χ0v) is 14.4. The third kappa shape index (κ3) is 3.22. The van der Waals surface area contributed by atoms with Gasteiger partial charge in [0, 0.05) is 41.7 Å². The summed E-state index contributed by atoms with van der Waals surface area (Å²) in [5, 5.41) is 5.08. The molecule has 3 heterocycles. The van der Waals surface area contributed by atoms with Crippen LogP contribution in [-0.2, 0) is 6.54 Å². The van der Waals surface area contributed by atoms with E-state index in [1.54, 1.807) is 0 Å². The van der Waals surface area contributed by atoms with Crippen molar-refractivity contribution in [2.45, 2.75) is 32.7 Å². The molecule has 1 N–H and O–H groups in total. The summed E-state index contributed by atoms with van der Waals surface area (Å²) in [5.41, 5.74) is 3.29. The van der Waals surface area contributed by atoms with Crippen molar-refractivity contribution in [1.82, 2.24) is 20.0 Å². The second-order valence-corrected chi connectivity index (χ2v) is 6.81. The van der Waals surface area contributed by atoms with Crippen LogP contribution in [0.1, 0.15) is 43.5 Å². The molecule has 1 aromatic carbocycles. The normalized spacial score (nSPS) is 15.9. The van der Waals surface area contributed by atoms with E-state index in [0.717, 1.165) is 41.8 Å². The van der Waals surface area contributed by atoms with Crippen LogP contribution in [0.25, 0.3) is 16.5 Å². The van der Waals surface area contributed by atoms with Crippen LogP contribution in [0.2, 0.25) is 0 Å². The summed E-state index contributed by atoms with van der Waals surface area (Å²) in [7, 11) is 0. The summed E-state index contributed by atoms with van der Waals surface area (Å²) in [4.78, 5) is 9.89. The van der Waals surface area contributed by atoms with Gasteiger partial charge in [-0.2, -0.15) is 4.98 Å². The van der Waals surface area contributed by atoms with Crippen LogP contribution in [0, 0.1) is 5.82 Å². The maximum atomic E-state index is 13.3. The predicted octanol–water partition coefficient (Wildman–Crippen LogP) is 4.10. The van der Waals surface area contributed by atoms with Gasteiger partial charge in [0.1, 0.15) is 5.82 Å². The van der Waals surface area contributed by atoms with Crippen LogP contribution in [0.4, 0.5) is 4.39 Å². The Labute approximate surface area is 145 Å². The van der Waals surface area contributed by atoms with Crippen molar-refractivity contribution in [3.05, 3.63) is 53.6 Å². The molecule has 5 nitrogen and oxygen atoms in total. The number of aromatic amines is 1. The van der Waals surface area contributed by atoms with Gasteiger partial charge in [0.2, 0.25) is 5.89 Å². The minimum absolute atomic E-state index is 0.218. The molecule has 6 heteroatoms. The van der Waals surface area contributed by atoms with Crippen LogP contribution in [0.3, 0.4) is 0 Å². The number of nitrogens with zero attached hydrogens (tertiary/aromatic N) is 3. The first-order valence-electron chi connectivity index (χ1n) is 8.61. The summed E-state index contributed by atoms with van der Waals surface area (Å²) in [6, 6.07) is 4.89. The molecule has 3 aromatic rings. The smallest absolute Gasteiger partial charge is 0.240 e. The number of nitrogens with one attached hydrogen (secondary N) is 1. The Bertz CT molecular complexity index is 925. The average molecular weight is 340 g/mol. The largest absolute Gasteiger partial charge is 0.360 e. The molecule has 0 fully saturated rings. The lowest BCUT2D eigenvalue weighted by molar-refractivity contribution is 0.245. The zero-order valence-electron chi connectivity index (χ0n) is 14.4. The fourth-order valence-corrected chi connectivity index (χ4v) is 3.22. The molecule has 2 aromatic heterocycles. The number of hydrogen-bond acceptors (Lipinski definition) is 4. The van der Waals surface area contributed by atoms with Crippen molar-refractivity contribution in [2.75, 3.05) is 13.1 Å². The van der Waals surface area contributed by atoms with Gasteiger partial charge in [-0.3, -0.25) is 4.90 Å². The maximum Gasteiger partial charge on any atom is 0.240 e. The van der Waals surface area contributed by atoms with E-state index in [1.807, 2.05) is 12.3 Å². The maximum absolute atomic E-state index is 13.3. The molecule has 130 valence electrons. The van der Waals surface area contributed by atoms with Gasteiger partial charge in [-0.05, 0) is 30.2 Å². The van der Waals surface area contributed by atoms with E-state index in [9.17, 15) is 4.39 Å². The summed E-state index contributed by atoms with van der Waals surface area (Å²) in [5.74, 6) is 1.49. The van der Waals surface area contributed by atoms with Gasteiger partial charge in [0.25, 0.3) is 0 Å². The lowest BCUT2D eigenvalue weighted by Crippen LogP contribution is -2.28. The Morgan fingerprint density at radius 1 is 1.36 bits per heavy atom. The van der Waals surface area contributed by atoms with E-state index >= 15 is 0 Å². The molecule has 1 aliphatic heterocycles. The fraction of sp³-hybridized carbons (Fsp3) is 0.368. The van der Waals surface area contributed by atoms with Gasteiger partial charge >= 0.3 is 0 Å². The number of rotatable bonds is 4. The highest BCUT2D eigenvalue weighted by molar-refractivity contribution is 5.92. The monoisotopic (exact) mass is 340 g/mol. The van der Waals surface area contributed by atoms with Crippen molar-refractivity contribution < 1.29 is 8.91 Å². The molecule has 0 atom stereocenters. The summed E-state index contributed by atoms with van der Waals surface area (Å²) in [6.45, 7) is 6.54. The fourth-order valence-electron chi connectivity index (χ4n) is 3.22. The van der Waals surface area contributed by atoms with E-state index in [4.69, 9.17) is 4.52 Å². The Kier molecular flexibility index (Phi) is 4.13. The molecule has 0 saturated carbocycles. The molecule has 0 amide bonds. The second-order valence-electron chi connectivity index (χ2n) is 6.81. The van der Waals surface area contributed by atoms with E-state index in [1.165, 1.54) is 17.7 Å². The zero-order chi connectivity index (χ0) is 17.4. The van der Waals surface area contributed by atoms with Crippen LogP contribution in [0.5, 0.6) is 0 Å². The van der Waals surface area contributed by atoms with Gasteiger partial charge < -0.3 is 9.51 Å². The number of halogens is 1. The van der Waals surface area contributed by atoms with Crippen molar-refractivity contribution in [2.24, 2.45) is 0 Å². The summed E-state index contributed by atoms with van der Waals surface area (Å²) < 4.78 is 18.7. The van der Waals surface area contributed by atoms with Gasteiger partial charge in [-0.1, -0.05) is 25.1 Å². The van der Waals surface area contributed by atoms with E-state index < -0.39 is 0 Å². The number of aromatic nitrogens is 3.